The molecular weight excluding hydrogens is 194 g/mol. The van der Waals surface area contributed by atoms with Crippen molar-refractivity contribution in [3.05, 3.63) is 12.7 Å². The lowest BCUT2D eigenvalue weighted by molar-refractivity contribution is 0.0986. The molecule has 5 heteroatoms. The van der Waals surface area contributed by atoms with Gasteiger partial charge in [-0.1, -0.05) is 6.08 Å². The summed E-state index contributed by atoms with van der Waals surface area (Å²) in [5, 5.41) is 6.25. The van der Waals surface area contributed by atoms with Gasteiger partial charge in [0.05, 0.1) is 0 Å². The highest BCUT2D eigenvalue weighted by molar-refractivity contribution is 5.67. The molecule has 0 bridgehead atoms. The standard InChI is InChI=1S/C10H19N3O2/c1-2-3-11-6-9-15-10(14)13-7-4-12-5-8-13/h2,11-12H,1,3-9H2. The minimum Gasteiger partial charge on any atom is -0.448 e. The summed E-state index contributed by atoms with van der Waals surface area (Å²) in [7, 11) is 0. The minimum absolute atomic E-state index is 0.211. The summed E-state index contributed by atoms with van der Waals surface area (Å²) in [5.41, 5.74) is 0. The monoisotopic (exact) mass is 213 g/mol. The van der Waals surface area contributed by atoms with E-state index in [1.165, 1.54) is 0 Å². The Morgan fingerprint density at radius 1 is 1.53 bits per heavy atom. The predicted molar refractivity (Wildman–Crippen MR) is 58.9 cm³/mol. The fourth-order valence-corrected chi connectivity index (χ4v) is 1.35. The molecule has 86 valence electrons. The van der Waals surface area contributed by atoms with Gasteiger partial charge < -0.3 is 20.3 Å². The Balaban J connectivity index is 2.04. The van der Waals surface area contributed by atoms with Gasteiger partial charge in [0.2, 0.25) is 0 Å². The number of rotatable bonds is 5. The van der Waals surface area contributed by atoms with Gasteiger partial charge in [-0.15, -0.1) is 6.58 Å². The van der Waals surface area contributed by atoms with Crippen molar-refractivity contribution in [3.63, 3.8) is 0 Å². The molecule has 0 aromatic carbocycles. The number of piperazine rings is 1. The van der Waals surface area contributed by atoms with Crippen molar-refractivity contribution >= 4 is 6.09 Å². The molecule has 0 saturated carbocycles. The number of ether oxygens (including phenoxy) is 1. The van der Waals surface area contributed by atoms with E-state index < -0.39 is 0 Å². The topological polar surface area (TPSA) is 53.6 Å². The van der Waals surface area contributed by atoms with Gasteiger partial charge in [-0.2, -0.15) is 0 Å². The lowest BCUT2D eigenvalue weighted by atomic mass is 10.4. The summed E-state index contributed by atoms with van der Waals surface area (Å²) in [6, 6.07) is 0. The van der Waals surface area contributed by atoms with Gasteiger partial charge >= 0.3 is 6.09 Å². The maximum atomic E-state index is 11.5. The molecule has 0 aromatic rings. The third-order valence-electron chi connectivity index (χ3n) is 2.17. The number of carbonyl (C=O) groups excluding carboxylic acids is 1. The molecule has 15 heavy (non-hydrogen) atoms. The van der Waals surface area contributed by atoms with Crippen molar-refractivity contribution in [3.8, 4) is 0 Å². The van der Waals surface area contributed by atoms with E-state index in [4.69, 9.17) is 4.74 Å². The summed E-state index contributed by atoms with van der Waals surface area (Å²) in [6.07, 6.45) is 1.56. The van der Waals surface area contributed by atoms with Crippen LogP contribution in [0.25, 0.3) is 0 Å². The van der Waals surface area contributed by atoms with Crippen molar-refractivity contribution < 1.29 is 9.53 Å². The first kappa shape index (κ1) is 12.0. The van der Waals surface area contributed by atoms with E-state index in [-0.39, 0.29) is 6.09 Å². The fraction of sp³-hybridized carbons (Fsp3) is 0.700. The summed E-state index contributed by atoms with van der Waals surface area (Å²) in [6.45, 7) is 8.58. The average Bonchev–Trinajstić information content (AvgIpc) is 2.30. The molecular formula is C10H19N3O2. The van der Waals surface area contributed by atoms with E-state index >= 15 is 0 Å². The third kappa shape index (κ3) is 4.80. The number of amides is 1. The van der Waals surface area contributed by atoms with Crippen LogP contribution in [0, 0.1) is 0 Å². The Morgan fingerprint density at radius 3 is 2.93 bits per heavy atom. The number of hydrogen-bond acceptors (Lipinski definition) is 4. The molecule has 1 heterocycles. The van der Waals surface area contributed by atoms with Gasteiger partial charge in [-0.25, -0.2) is 4.79 Å². The zero-order chi connectivity index (χ0) is 10.9. The Bertz CT molecular complexity index is 203. The first-order chi connectivity index (χ1) is 7.34. The first-order valence-electron chi connectivity index (χ1n) is 5.28. The maximum absolute atomic E-state index is 11.5. The average molecular weight is 213 g/mol. The molecule has 1 amide bonds. The largest absolute Gasteiger partial charge is 0.448 e. The van der Waals surface area contributed by atoms with Gasteiger partial charge in [-0.05, 0) is 0 Å². The highest BCUT2D eigenvalue weighted by atomic mass is 16.6. The molecule has 0 radical (unpaired) electrons. The molecule has 5 nitrogen and oxygen atoms in total. The predicted octanol–water partition coefficient (Wildman–Crippen LogP) is -0.196. The van der Waals surface area contributed by atoms with E-state index in [0.29, 0.717) is 13.2 Å². The molecule has 1 fully saturated rings. The van der Waals surface area contributed by atoms with E-state index in [0.717, 1.165) is 32.7 Å². The fourth-order valence-electron chi connectivity index (χ4n) is 1.35. The van der Waals surface area contributed by atoms with Crippen molar-refractivity contribution in [2.75, 3.05) is 45.9 Å². The summed E-state index contributed by atoms with van der Waals surface area (Å²) >= 11 is 0. The van der Waals surface area contributed by atoms with Crippen molar-refractivity contribution in [1.82, 2.24) is 15.5 Å². The number of carbonyl (C=O) groups is 1. The van der Waals surface area contributed by atoms with E-state index in [2.05, 4.69) is 17.2 Å². The molecule has 2 N–H and O–H groups in total. The van der Waals surface area contributed by atoms with E-state index in [1.807, 2.05) is 0 Å². The van der Waals surface area contributed by atoms with Gasteiger partial charge in [0, 0.05) is 39.3 Å². The van der Waals surface area contributed by atoms with Crippen molar-refractivity contribution in [2.24, 2.45) is 0 Å². The maximum Gasteiger partial charge on any atom is 0.409 e. The second kappa shape index (κ2) is 7.25. The number of hydrogen-bond donors (Lipinski definition) is 2. The van der Waals surface area contributed by atoms with E-state index in [9.17, 15) is 4.79 Å². The van der Waals surface area contributed by atoms with Crippen molar-refractivity contribution in [1.29, 1.82) is 0 Å². The summed E-state index contributed by atoms with van der Waals surface area (Å²) in [5.74, 6) is 0. The van der Waals surface area contributed by atoms with Crippen LogP contribution >= 0.6 is 0 Å². The summed E-state index contributed by atoms with van der Waals surface area (Å²) in [4.78, 5) is 13.2. The smallest absolute Gasteiger partial charge is 0.409 e. The van der Waals surface area contributed by atoms with Crippen LogP contribution in [-0.2, 0) is 4.74 Å². The molecule has 0 spiro atoms. The van der Waals surface area contributed by atoms with Crippen LogP contribution in [0.15, 0.2) is 12.7 Å². The van der Waals surface area contributed by atoms with Gasteiger partial charge in [0.25, 0.3) is 0 Å². The van der Waals surface area contributed by atoms with Crippen LogP contribution in [0.5, 0.6) is 0 Å². The Hall–Kier alpha value is -1.07. The highest BCUT2D eigenvalue weighted by Gasteiger charge is 2.16. The molecule has 1 saturated heterocycles. The van der Waals surface area contributed by atoms with Crippen LogP contribution in [0.2, 0.25) is 0 Å². The molecule has 0 unspecified atom stereocenters. The minimum atomic E-state index is -0.211. The normalized spacial score (nSPS) is 16.1. The Kier molecular flexibility index (Phi) is 5.80. The molecule has 1 rings (SSSR count). The van der Waals surface area contributed by atoms with Gasteiger partial charge in [0.1, 0.15) is 6.61 Å². The van der Waals surface area contributed by atoms with Crippen LogP contribution in [-0.4, -0.2) is 56.9 Å². The quantitative estimate of drug-likeness (QED) is 0.491. The van der Waals surface area contributed by atoms with Crippen molar-refractivity contribution in [2.45, 2.75) is 0 Å². The summed E-state index contributed by atoms with van der Waals surface area (Å²) < 4.78 is 5.09. The molecule has 1 aliphatic heterocycles. The number of nitrogens with zero attached hydrogens (tertiary/aromatic N) is 1. The first-order valence-corrected chi connectivity index (χ1v) is 5.28. The van der Waals surface area contributed by atoms with Crippen LogP contribution < -0.4 is 10.6 Å². The van der Waals surface area contributed by atoms with Gasteiger partial charge in [-0.3, -0.25) is 0 Å². The van der Waals surface area contributed by atoms with Crippen LogP contribution in [0.3, 0.4) is 0 Å². The van der Waals surface area contributed by atoms with Crippen LogP contribution in [0.4, 0.5) is 4.79 Å². The second-order valence-electron chi connectivity index (χ2n) is 3.34. The number of nitrogens with one attached hydrogen (secondary N) is 2. The SMILES string of the molecule is C=CCNCCOC(=O)N1CCNCC1. The van der Waals surface area contributed by atoms with Crippen LogP contribution in [0.1, 0.15) is 0 Å². The Morgan fingerprint density at radius 2 is 2.27 bits per heavy atom. The highest BCUT2D eigenvalue weighted by Crippen LogP contribution is 1.95. The second-order valence-corrected chi connectivity index (χ2v) is 3.34. The Labute approximate surface area is 90.5 Å². The lowest BCUT2D eigenvalue weighted by Gasteiger charge is -2.26. The molecule has 0 atom stereocenters. The van der Waals surface area contributed by atoms with Gasteiger partial charge in [0.15, 0.2) is 0 Å². The third-order valence-corrected chi connectivity index (χ3v) is 2.17. The molecule has 0 aromatic heterocycles. The molecule has 1 aliphatic rings. The lowest BCUT2D eigenvalue weighted by Crippen LogP contribution is -2.46. The zero-order valence-electron chi connectivity index (χ0n) is 9.00. The zero-order valence-corrected chi connectivity index (χ0v) is 9.00. The van der Waals surface area contributed by atoms with E-state index in [1.54, 1.807) is 11.0 Å². The molecule has 0 aliphatic carbocycles.